The lowest BCUT2D eigenvalue weighted by Crippen LogP contribution is -2.39. The molecule has 0 amide bonds. The Morgan fingerprint density at radius 1 is 1.33 bits per heavy atom. The van der Waals surface area contributed by atoms with Gasteiger partial charge in [-0.05, 0) is 53.4 Å². The number of benzene rings is 1. The number of sulfonamides is 1. The average Bonchev–Trinajstić information content (AvgIpc) is 2.46. The number of unbranched alkanes of at least 4 members (excludes halogenated alkanes) is 1. The number of hydrogen-bond donors (Lipinski definition) is 0. The van der Waals surface area contributed by atoms with E-state index in [-0.39, 0.29) is 6.04 Å². The molecule has 0 aliphatic carbocycles. The first kappa shape index (κ1) is 18.9. The van der Waals surface area contributed by atoms with Gasteiger partial charge in [0.25, 0.3) is 0 Å². The molecule has 6 heteroatoms. The summed E-state index contributed by atoms with van der Waals surface area (Å²) in [5, 5.41) is 0. The first-order valence-corrected chi connectivity index (χ1v) is 10.0. The Morgan fingerprint density at radius 2 is 2.00 bits per heavy atom. The predicted molar refractivity (Wildman–Crippen MR) is 92.3 cm³/mol. The summed E-state index contributed by atoms with van der Waals surface area (Å²) in [7, 11) is -3.50. The minimum atomic E-state index is -3.50. The van der Waals surface area contributed by atoms with Gasteiger partial charge >= 0.3 is 0 Å². The van der Waals surface area contributed by atoms with E-state index in [9.17, 15) is 8.42 Å². The van der Waals surface area contributed by atoms with Gasteiger partial charge in [0, 0.05) is 22.9 Å². The third kappa shape index (κ3) is 4.68. The molecule has 0 fully saturated rings. The van der Waals surface area contributed by atoms with E-state index in [4.69, 9.17) is 11.6 Å². The second kappa shape index (κ2) is 8.51. The summed E-state index contributed by atoms with van der Waals surface area (Å²) in [5.74, 6) is 0.365. The molecule has 1 atom stereocenters. The van der Waals surface area contributed by atoms with Crippen molar-refractivity contribution < 1.29 is 8.42 Å². The van der Waals surface area contributed by atoms with Crippen LogP contribution >= 0.6 is 27.5 Å². The lowest BCUT2D eigenvalue weighted by molar-refractivity contribution is 0.324. The normalized spacial score (nSPS) is 13.6. The summed E-state index contributed by atoms with van der Waals surface area (Å²) < 4.78 is 28.0. The van der Waals surface area contributed by atoms with E-state index in [2.05, 4.69) is 22.9 Å². The number of rotatable bonds is 8. The number of alkyl halides is 1. The third-order valence-electron chi connectivity index (χ3n) is 3.55. The first-order chi connectivity index (χ1) is 9.88. The molecule has 0 saturated carbocycles. The van der Waals surface area contributed by atoms with E-state index in [1.54, 1.807) is 22.5 Å². The van der Waals surface area contributed by atoms with Gasteiger partial charge in [-0.3, -0.25) is 0 Å². The topological polar surface area (TPSA) is 37.4 Å². The molecule has 1 aromatic carbocycles. The van der Waals surface area contributed by atoms with Gasteiger partial charge in [0.2, 0.25) is 10.0 Å². The van der Waals surface area contributed by atoms with Crippen molar-refractivity contribution in [2.24, 2.45) is 0 Å². The van der Waals surface area contributed by atoms with Crippen LogP contribution in [-0.4, -0.2) is 25.3 Å². The van der Waals surface area contributed by atoms with E-state index in [1.807, 2.05) is 13.8 Å². The Labute approximate surface area is 141 Å². The summed E-state index contributed by atoms with van der Waals surface area (Å²) in [6.07, 6.45) is 2.62. The third-order valence-corrected chi connectivity index (χ3v) is 6.85. The summed E-state index contributed by atoms with van der Waals surface area (Å²) in [6.45, 7) is 6.57. The average molecular weight is 397 g/mol. The predicted octanol–water partition coefficient (Wildman–Crippen LogP) is 4.78. The van der Waals surface area contributed by atoms with Gasteiger partial charge in [-0.25, -0.2) is 8.42 Å². The first-order valence-electron chi connectivity index (χ1n) is 7.24. The summed E-state index contributed by atoms with van der Waals surface area (Å²) in [4.78, 5) is 0.313. The molecule has 1 unspecified atom stereocenters. The van der Waals surface area contributed by atoms with Crippen LogP contribution < -0.4 is 0 Å². The van der Waals surface area contributed by atoms with Crippen LogP contribution in [0.4, 0.5) is 0 Å². The SMILES string of the molecule is CCCCN(C(C)CC)S(=O)(=O)c1ccc(CCl)cc1Br. The molecule has 0 radical (unpaired) electrons. The summed E-state index contributed by atoms with van der Waals surface area (Å²) in [5.41, 5.74) is 0.895. The van der Waals surface area contributed by atoms with E-state index in [0.717, 1.165) is 24.8 Å². The zero-order valence-electron chi connectivity index (χ0n) is 12.8. The van der Waals surface area contributed by atoms with Gasteiger partial charge in [-0.2, -0.15) is 4.31 Å². The molecule has 0 bridgehead atoms. The molecule has 21 heavy (non-hydrogen) atoms. The molecule has 0 spiro atoms. The van der Waals surface area contributed by atoms with Crippen molar-refractivity contribution in [3.8, 4) is 0 Å². The zero-order valence-corrected chi connectivity index (χ0v) is 15.9. The minimum absolute atomic E-state index is 0.0128. The highest BCUT2D eigenvalue weighted by Gasteiger charge is 2.29. The van der Waals surface area contributed by atoms with Crippen molar-refractivity contribution in [3.05, 3.63) is 28.2 Å². The fourth-order valence-corrected chi connectivity index (χ4v) is 5.05. The highest BCUT2D eigenvalue weighted by Crippen LogP contribution is 2.28. The molecule has 0 aromatic heterocycles. The van der Waals surface area contributed by atoms with Crippen LogP contribution in [0.5, 0.6) is 0 Å². The van der Waals surface area contributed by atoms with Crippen molar-refractivity contribution in [1.82, 2.24) is 4.31 Å². The number of nitrogens with zero attached hydrogens (tertiary/aromatic N) is 1. The van der Waals surface area contributed by atoms with Gasteiger partial charge in [-0.15, -0.1) is 11.6 Å². The monoisotopic (exact) mass is 395 g/mol. The maximum atomic E-state index is 12.9. The van der Waals surface area contributed by atoms with Gasteiger partial charge in [0.05, 0.1) is 4.90 Å². The Hall–Kier alpha value is -0.100. The van der Waals surface area contributed by atoms with E-state index in [1.165, 1.54) is 0 Å². The van der Waals surface area contributed by atoms with E-state index < -0.39 is 10.0 Å². The number of hydrogen-bond acceptors (Lipinski definition) is 2. The van der Waals surface area contributed by atoms with E-state index >= 15 is 0 Å². The highest BCUT2D eigenvalue weighted by molar-refractivity contribution is 9.10. The quantitative estimate of drug-likeness (QED) is 0.593. The molecule has 120 valence electrons. The Balaban J connectivity index is 3.21. The molecular formula is C15H23BrClNO2S. The van der Waals surface area contributed by atoms with Gasteiger partial charge < -0.3 is 0 Å². The second-order valence-electron chi connectivity index (χ2n) is 5.12. The van der Waals surface area contributed by atoms with E-state index in [0.29, 0.717) is 21.8 Å². The summed E-state index contributed by atoms with van der Waals surface area (Å²) in [6, 6.07) is 5.16. The molecule has 1 aromatic rings. The van der Waals surface area contributed by atoms with Crippen LogP contribution in [0.2, 0.25) is 0 Å². The van der Waals surface area contributed by atoms with Crippen molar-refractivity contribution in [1.29, 1.82) is 0 Å². The fraction of sp³-hybridized carbons (Fsp3) is 0.600. The second-order valence-corrected chi connectivity index (χ2v) is 8.11. The lowest BCUT2D eigenvalue weighted by Gasteiger charge is -2.28. The van der Waals surface area contributed by atoms with Gasteiger partial charge in [0.1, 0.15) is 0 Å². The van der Waals surface area contributed by atoms with Gasteiger partial charge in [-0.1, -0.05) is 26.3 Å². The molecule has 0 saturated heterocycles. The molecule has 3 nitrogen and oxygen atoms in total. The Morgan fingerprint density at radius 3 is 2.48 bits per heavy atom. The molecule has 0 aliphatic heterocycles. The molecule has 0 heterocycles. The molecule has 1 rings (SSSR count). The van der Waals surface area contributed by atoms with Crippen LogP contribution in [-0.2, 0) is 15.9 Å². The van der Waals surface area contributed by atoms with Crippen LogP contribution in [0.3, 0.4) is 0 Å². The summed E-state index contributed by atoms with van der Waals surface area (Å²) >= 11 is 9.16. The van der Waals surface area contributed by atoms with Gasteiger partial charge in [0.15, 0.2) is 0 Å². The molecule has 0 aliphatic rings. The largest absolute Gasteiger partial charge is 0.244 e. The van der Waals surface area contributed by atoms with Crippen LogP contribution in [0.15, 0.2) is 27.6 Å². The Kier molecular flexibility index (Phi) is 7.68. The van der Waals surface area contributed by atoms with Crippen molar-refractivity contribution >= 4 is 37.6 Å². The smallest absolute Gasteiger partial charge is 0.207 e. The Bertz CT molecular complexity index is 563. The maximum absolute atomic E-state index is 12.9. The number of halogens is 2. The lowest BCUT2D eigenvalue weighted by atomic mass is 10.2. The fourth-order valence-electron chi connectivity index (χ4n) is 2.06. The van der Waals surface area contributed by atoms with Crippen LogP contribution in [0, 0.1) is 0 Å². The zero-order chi connectivity index (χ0) is 16.0. The van der Waals surface area contributed by atoms with Crippen LogP contribution in [0.25, 0.3) is 0 Å². The van der Waals surface area contributed by atoms with Crippen LogP contribution in [0.1, 0.15) is 45.6 Å². The van der Waals surface area contributed by atoms with Crippen molar-refractivity contribution in [3.63, 3.8) is 0 Å². The molecular weight excluding hydrogens is 374 g/mol. The van der Waals surface area contributed by atoms with Crippen molar-refractivity contribution in [2.45, 2.75) is 56.9 Å². The standard InChI is InChI=1S/C15H23BrClNO2S/c1-4-6-9-18(12(3)5-2)21(19,20)15-8-7-13(11-17)10-14(15)16/h7-8,10,12H,4-6,9,11H2,1-3H3. The highest BCUT2D eigenvalue weighted by atomic mass is 79.9. The minimum Gasteiger partial charge on any atom is -0.207 e. The molecule has 0 N–H and O–H groups in total. The van der Waals surface area contributed by atoms with Crippen molar-refractivity contribution in [2.75, 3.05) is 6.54 Å². The maximum Gasteiger partial charge on any atom is 0.244 e.